The maximum Gasteiger partial charge on any atom is 0.416 e. The van der Waals surface area contributed by atoms with Crippen molar-refractivity contribution in [3.63, 3.8) is 0 Å². The molecule has 10 nitrogen and oxygen atoms in total. The van der Waals surface area contributed by atoms with Crippen molar-refractivity contribution in [1.82, 2.24) is 9.88 Å². The highest BCUT2D eigenvalue weighted by molar-refractivity contribution is 8.00. The van der Waals surface area contributed by atoms with E-state index in [1.54, 1.807) is 23.1 Å². The second-order valence-corrected chi connectivity index (χ2v) is 12.2. The number of fused-ring (bicyclic) bond motifs is 2. The van der Waals surface area contributed by atoms with Gasteiger partial charge in [-0.2, -0.15) is 13.2 Å². The van der Waals surface area contributed by atoms with Crippen LogP contribution < -0.4 is 19.2 Å². The number of benzene rings is 2. The van der Waals surface area contributed by atoms with Crippen LogP contribution in [0.1, 0.15) is 21.9 Å². The number of halogens is 3. The number of alkyl halides is 3. The smallest absolute Gasteiger partial charge is 0.416 e. The van der Waals surface area contributed by atoms with Crippen LogP contribution in [0.4, 0.5) is 18.9 Å². The van der Waals surface area contributed by atoms with E-state index in [1.807, 2.05) is 0 Å². The minimum atomic E-state index is -4.66. The minimum Gasteiger partial charge on any atom is -0.493 e. The van der Waals surface area contributed by atoms with Gasteiger partial charge in [0.1, 0.15) is 5.25 Å². The van der Waals surface area contributed by atoms with Crippen molar-refractivity contribution in [3.8, 4) is 11.5 Å². The van der Waals surface area contributed by atoms with Crippen LogP contribution in [0.25, 0.3) is 0 Å². The van der Waals surface area contributed by atoms with Crippen LogP contribution >= 0.6 is 23.1 Å². The highest BCUT2D eigenvalue weighted by Crippen LogP contribution is 2.54. The summed E-state index contributed by atoms with van der Waals surface area (Å²) in [5.74, 6) is -2.81. The van der Waals surface area contributed by atoms with E-state index < -0.39 is 40.6 Å². The molecule has 226 valence electrons. The molecule has 0 radical (unpaired) electrons. The Morgan fingerprint density at radius 3 is 2.56 bits per heavy atom. The SMILES string of the molecule is COc1cc([C@@H]2c3sc(=O)[nH]c3S[C@H]3C(=O)N(c4cccc(C(F)(F)F)c4)C(=O)[C@@H]23)ccc1OCC(=O)N1CCOCC1. The average Bonchev–Trinajstić information content (AvgIpc) is 3.49. The summed E-state index contributed by atoms with van der Waals surface area (Å²) in [5, 5.41) is -0.568. The highest BCUT2D eigenvalue weighted by Gasteiger charge is 2.56. The second kappa shape index (κ2) is 11.4. The lowest BCUT2D eigenvalue weighted by atomic mass is 9.83. The number of imide groups is 1. The monoisotopic (exact) mass is 635 g/mol. The summed E-state index contributed by atoms with van der Waals surface area (Å²) in [6, 6.07) is 8.93. The zero-order valence-corrected chi connectivity index (χ0v) is 24.1. The molecule has 2 aromatic carbocycles. The summed E-state index contributed by atoms with van der Waals surface area (Å²) in [6.07, 6.45) is -4.66. The van der Waals surface area contributed by atoms with Crippen LogP contribution in [-0.2, 0) is 25.3 Å². The van der Waals surface area contributed by atoms with Gasteiger partial charge in [0.2, 0.25) is 11.8 Å². The zero-order valence-electron chi connectivity index (χ0n) is 22.5. The Bertz CT molecular complexity index is 1650. The number of H-pyrrole nitrogens is 1. The van der Waals surface area contributed by atoms with Gasteiger partial charge in [-0.3, -0.25) is 19.2 Å². The van der Waals surface area contributed by atoms with Gasteiger partial charge in [0.25, 0.3) is 5.91 Å². The third-order valence-electron chi connectivity index (χ3n) is 7.52. The summed E-state index contributed by atoms with van der Waals surface area (Å²) in [4.78, 5) is 57.7. The fraction of sp³-hybridized carbons (Fsp3) is 0.357. The van der Waals surface area contributed by atoms with Crippen molar-refractivity contribution in [2.24, 2.45) is 5.92 Å². The third kappa shape index (κ3) is 5.40. The molecule has 3 aromatic rings. The Labute approximate surface area is 250 Å². The lowest BCUT2D eigenvalue weighted by molar-refractivity contribution is -0.138. The summed E-state index contributed by atoms with van der Waals surface area (Å²) < 4.78 is 56.8. The summed E-state index contributed by atoms with van der Waals surface area (Å²) in [6.45, 7) is 1.60. The predicted octanol–water partition coefficient (Wildman–Crippen LogP) is 3.50. The Kier molecular flexibility index (Phi) is 7.73. The molecule has 15 heteroatoms. The van der Waals surface area contributed by atoms with Crippen molar-refractivity contribution < 1.29 is 41.8 Å². The van der Waals surface area contributed by atoms with Gasteiger partial charge >= 0.3 is 11.0 Å². The molecule has 0 bridgehead atoms. The number of carbonyl (C=O) groups excluding carboxylic acids is 3. The molecule has 2 fully saturated rings. The Hall–Kier alpha value is -3.82. The number of methoxy groups -OCH3 is 1. The molecular formula is C28H24F3N3O7S2. The maximum atomic E-state index is 13.9. The van der Waals surface area contributed by atoms with Crippen LogP contribution in [0.15, 0.2) is 52.3 Å². The van der Waals surface area contributed by atoms with Crippen molar-refractivity contribution >= 4 is 46.5 Å². The number of amides is 3. The first-order valence-corrected chi connectivity index (χ1v) is 14.9. The van der Waals surface area contributed by atoms with Crippen LogP contribution in [0, 0.1) is 5.92 Å². The number of ether oxygens (including phenoxy) is 3. The predicted molar refractivity (Wildman–Crippen MR) is 150 cm³/mol. The number of rotatable bonds is 6. The van der Waals surface area contributed by atoms with Crippen LogP contribution in [0.2, 0.25) is 0 Å². The Morgan fingerprint density at radius 1 is 1.07 bits per heavy atom. The van der Waals surface area contributed by atoms with Gasteiger partial charge < -0.3 is 24.1 Å². The molecule has 2 saturated heterocycles. The highest BCUT2D eigenvalue weighted by atomic mass is 32.2. The molecule has 4 heterocycles. The van der Waals surface area contributed by atoms with E-state index in [9.17, 15) is 32.3 Å². The van der Waals surface area contributed by atoms with E-state index in [1.165, 1.54) is 13.2 Å². The first-order chi connectivity index (χ1) is 20.6. The third-order valence-corrected chi connectivity index (χ3v) is 9.92. The minimum absolute atomic E-state index is 0.179. The molecular weight excluding hydrogens is 611 g/mol. The van der Waals surface area contributed by atoms with Gasteiger partial charge in [-0.25, -0.2) is 4.90 Å². The van der Waals surface area contributed by atoms with Gasteiger partial charge in [0.05, 0.1) is 42.5 Å². The number of thiazole rings is 1. The van der Waals surface area contributed by atoms with Crippen molar-refractivity contribution in [2.45, 2.75) is 22.4 Å². The molecule has 6 rings (SSSR count). The molecule has 3 amide bonds. The summed E-state index contributed by atoms with van der Waals surface area (Å²) in [5.41, 5.74) is -0.634. The lowest BCUT2D eigenvalue weighted by Gasteiger charge is -2.30. The van der Waals surface area contributed by atoms with E-state index >= 15 is 0 Å². The largest absolute Gasteiger partial charge is 0.493 e. The van der Waals surface area contributed by atoms with Crippen molar-refractivity contribution in [1.29, 1.82) is 0 Å². The number of hydrogen-bond donors (Lipinski definition) is 1. The number of thioether (sulfide) groups is 1. The molecule has 1 aromatic heterocycles. The van der Waals surface area contributed by atoms with Gasteiger partial charge in [0, 0.05) is 23.9 Å². The number of aromatic amines is 1. The van der Waals surface area contributed by atoms with Gasteiger partial charge in [-0.05, 0) is 35.9 Å². The number of nitrogens with one attached hydrogen (secondary N) is 1. The topological polar surface area (TPSA) is 118 Å². The molecule has 1 N–H and O–H groups in total. The first kappa shape index (κ1) is 29.3. The molecule has 3 aliphatic rings. The van der Waals surface area contributed by atoms with Gasteiger partial charge in [-0.15, -0.1) is 0 Å². The standard InChI is InChI=1S/C28H24F3N3O7S2/c1-39-18-11-14(5-6-17(18)41-13-19(35)33-7-9-40-10-8-33)20-21-23(42-24-22(20)43-27(38)32-24)26(37)34(25(21)36)16-4-2-3-15(12-16)28(29,30)31/h2-6,11-12,20-21,23H,7-10,13H2,1H3,(H,32,38)/t20-,21-,23+/m0/s1. The number of morpholine rings is 1. The Morgan fingerprint density at radius 2 is 1.84 bits per heavy atom. The quantitative estimate of drug-likeness (QED) is 0.409. The molecule has 0 spiro atoms. The summed E-state index contributed by atoms with van der Waals surface area (Å²) in [7, 11) is 1.41. The first-order valence-electron chi connectivity index (χ1n) is 13.2. The molecule has 0 saturated carbocycles. The number of carbonyl (C=O) groups is 3. The number of hydrogen-bond acceptors (Lipinski definition) is 9. The van der Waals surface area contributed by atoms with E-state index in [0.717, 1.165) is 46.2 Å². The normalized spacial score (nSPS) is 21.9. The average molecular weight is 636 g/mol. The number of anilines is 1. The molecule has 3 atom stereocenters. The fourth-order valence-corrected chi connectivity index (χ4v) is 8.01. The maximum absolute atomic E-state index is 13.9. The number of nitrogens with zero attached hydrogens (tertiary/aromatic N) is 2. The van der Waals surface area contributed by atoms with Crippen molar-refractivity contribution in [3.05, 3.63) is 68.1 Å². The summed E-state index contributed by atoms with van der Waals surface area (Å²) >= 11 is 1.92. The van der Waals surface area contributed by atoms with Crippen LogP contribution in [0.5, 0.6) is 11.5 Å². The van der Waals surface area contributed by atoms with E-state index in [4.69, 9.17) is 14.2 Å². The van der Waals surface area contributed by atoms with E-state index in [2.05, 4.69) is 4.98 Å². The van der Waals surface area contributed by atoms with Crippen molar-refractivity contribution in [2.75, 3.05) is 44.9 Å². The molecule has 0 aliphatic carbocycles. The zero-order chi connectivity index (χ0) is 30.5. The van der Waals surface area contributed by atoms with E-state index in [0.29, 0.717) is 41.8 Å². The lowest BCUT2D eigenvalue weighted by Crippen LogP contribution is -2.43. The Balaban J connectivity index is 1.33. The van der Waals surface area contributed by atoms with Gasteiger partial charge in [-0.1, -0.05) is 35.2 Å². The second-order valence-electron chi connectivity index (χ2n) is 10.0. The fourth-order valence-electron chi connectivity index (χ4n) is 5.49. The van der Waals surface area contributed by atoms with E-state index in [-0.39, 0.29) is 34.6 Å². The molecule has 3 aliphatic heterocycles. The van der Waals surface area contributed by atoms with Crippen LogP contribution in [-0.4, -0.2) is 72.9 Å². The van der Waals surface area contributed by atoms with Gasteiger partial charge in [0.15, 0.2) is 18.1 Å². The molecule has 0 unspecified atom stereocenters. The number of aromatic nitrogens is 1. The molecule has 43 heavy (non-hydrogen) atoms. The van der Waals surface area contributed by atoms with Crippen LogP contribution in [0.3, 0.4) is 0 Å².